The highest BCUT2D eigenvalue weighted by molar-refractivity contribution is 5.98. The number of carbonyl (C=O) groups excluding carboxylic acids is 1. The van der Waals surface area contributed by atoms with Gasteiger partial charge in [-0.25, -0.2) is 4.98 Å². The van der Waals surface area contributed by atoms with Crippen molar-refractivity contribution in [1.82, 2.24) is 9.97 Å². The zero-order valence-corrected chi connectivity index (χ0v) is 8.75. The van der Waals surface area contributed by atoms with E-state index in [4.69, 9.17) is 5.11 Å². The smallest absolute Gasteiger partial charge is 0.308 e. The SMILES string of the molecule is Cc1cncc(N2CC(C(=O)O)CC2=O)n1. The molecule has 0 bridgehead atoms. The van der Waals surface area contributed by atoms with Crippen LogP contribution in [0, 0.1) is 12.8 Å². The second-order valence-electron chi connectivity index (χ2n) is 3.76. The molecule has 2 heterocycles. The summed E-state index contributed by atoms with van der Waals surface area (Å²) in [5, 5.41) is 8.84. The van der Waals surface area contributed by atoms with Crippen LogP contribution in [0.25, 0.3) is 0 Å². The first-order valence-electron chi connectivity index (χ1n) is 4.89. The lowest BCUT2D eigenvalue weighted by Gasteiger charge is -2.14. The maximum absolute atomic E-state index is 11.6. The first-order valence-corrected chi connectivity index (χ1v) is 4.89. The summed E-state index contributed by atoms with van der Waals surface area (Å²) in [5.41, 5.74) is 0.698. The van der Waals surface area contributed by atoms with Crippen molar-refractivity contribution in [2.45, 2.75) is 13.3 Å². The van der Waals surface area contributed by atoms with Crippen LogP contribution in [-0.2, 0) is 9.59 Å². The number of rotatable bonds is 2. The standard InChI is InChI=1S/C10H11N3O3/c1-6-3-11-4-8(12-6)13-5-7(10(15)16)2-9(13)14/h3-4,7H,2,5H2,1H3,(H,15,16). The normalized spacial score (nSPS) is 20.2. The Labute approximate surface area is 91.9 Å². The topological polar surface area (TPSA) is 83.4 Å². The molecule has 1 amide bonds. The molecule has 1 aliphatic rings. The van der Waals surface area contributed by atoms with Crippen LogP contribution in [0.4, 0.5) is 5.82 Å². The molecule has 1 N–H and O–H groups in total. The summed E-state index contributed by atoms with van der Waals surface area (Å²) in [6.45, 7) is 1.94. The third-order valence-electron chi connectivity index (χ3n) is 2.49. The highest BCUT2D eigenvalue weighted by Gasteiger charge is 2.35. The Kier molecular flexibility index (Phi) is 2.55. The number of aliphatic carboxylic acids is 1. The van der Waals surface area contributed by atoms with Gasteiger partial charge in [0.15, 0.2) is 5.82 Å². The van der Waals surface area contributed by atoms with Gasteiger partial charge >= 0.3 is 5.97 Å². The van der Waals surface area contributed by atoms with Crippen molar-refractivity contribution in [2.75, 3.05) is 11.4 Å². The van der Waals surface area contributed by atoms with Gasteiger partial charge in [-0.3, -0.25) is 19.5 Å². The van der Waals surface area contributed by atoms with Crippen LogP contribution >= 0.6 is 0 Å². The molecule has 84 valence electrons. The maximum atomic E-state index is 11.6. The fourth-order valence-corrected chi connectivity index (χ4v) is 1.67. The van der Waals surface area contributed by atoms with Gasteiger partial charge in [0.1, 0.15) is 0 Å². The highest BCUT2D eigenvalue weighted by atomic mass is 16.4. The maximum Gasteiger partial charge on any atom is 0.308 e. The molecular formula is C10H11N3O3. The minimum Gasteiger partial charge on any atom is -0.481 e. The molecule has 0 aliphatic carbocycles. The van der Waals surface area contributed by atoms with E-state index in [0.717, 1.165) is 0 Å². The van der Waals surface area contributed by atoms with Crippen molar-refractivity contribution >= 4 is 17.7 Å². The van der Waals surface area contributed by atoms with E-state index >= 15 is 0 Å². The van der Waals surface area contributed by atoms with E-state index in [1.54, 1.807) is 13.1 Å². The van der Waals surface area contributed by atoms with Crippen molar-refractivity contribution in [3.05, 3.63) is 18.1 Å². The van der Waals surface area contributed by atoms with Crippen LogP contribution in [0.5, 0.6) is 0 Å². The molecule has 1 aliphatic heterocycles. The molecule has 1 saturated heterocycles. The molecule has 0 spiro atoms. The zero-order chi connectivity index (χ0) is 11.7. The van der Waals surface area contributed by atoms with Gasteiger partial charge in [0, 0.05) is 19.2 Å². The highest BCUT2D eigenvalue weighted by Crippen LogP contribution is 2.22. The fraction of sp³-hybridized carbons (Fsp3) is 0.400. The number of hydrogen-bond acceptors (Lipinski definition) is 4. The van der Waals surface area contributed by atoms with E-state index in [9.17, 15) is 9.59 Å². The van der Waals surface area contributed by atoms with E-state index in [-0.39, 0.29) is 18.9 Å². The van der Waals surface area contributed by atoms with Crippen LogP contribution in [0.3, 0.4) is 0 Å². The Morgan fingerprint density at radius 3 is 2.88 bits per heavy atom. The van der Waals surface area contributed by atoms with Crippen molar-refractivity contribution < 1.29 is 14.7 Å². The van der Waals surface area contributed by atoms with Crippen molar-refractivity contribution in [3.8, 4) is 0 Å². The number of aromatic nitrogens is 2. The Bertz CT molecular complexity index is 447. The number of carbonyl (C=O) groups is 2. The summed E-state index contributed by atoms with van der Waals surface area (Å²) >= 11 is 0. The lowest BCUT2D eigenvalue weighted by molar-refractivity contribution is -0.141. The van der Waals surface area contributed by atoms with Crippen LogP contribution in [0.15, 0.2) is 12.4 Å². The summed E-state index contributed by atoms with van der Waals surface area (Å²) in [6.07, 6.45) is 3.08. The molecular weight excluding hydrogens is 210 g/mol. The molecule has 16 heavy (non-hydrogen) atoms. The largest absolute Gasteiger partial charge is 0.481 e. The number of carboxylic acid groups (broad SMARTS) is 1. The van der Waals surface area contributed by atoms with Gasteiger partial charge in [0.05, 0.1) is 17.8 Å². The monoisotopic (exact) mass is 221 g/mol. The van der Waals surface area contributed by atoms with Gasteiger partial charge in [-0.1, -0.05) is 0 Å². The quantitative estimate of drug-likeness (QED) is 0.772. The second-order valence-corrected chi connectivity index (χ2v) is 3.76. The number of amides is 1. The first kappa shape index (κ1) is 10.5. The Balaban J connectivity index is 2.23. The summed E-state index contributed by atoms with van der Waals surface area (Å²) in [7, 11) is 0. The fourth-order valence-electron chi connectivity index (χ4n) is 1.67. The average molecular weight is 221 g/mol. The van der Waals surface area contributed by atoms with E-state index in [0.29, 0.717) is 11.5 Å². The Morgan fingerprint density at radius 1 is 1.56 bits per heavy atom. The minimum absolute atomic E-state index is 0.0327. The summed E-state index contributed by atoms with van der Waals surface area (Å²) in [4.78, 5) is 31.8. The van der Waals surface area contributed by atoms with Crippen LogP contribution < -0.4 is 4.90 Å². The van der Waals surface area contributed by atoms with Crippen LogP contribution in [-0.4, -0.2) is 33.5 Å². The molecule has 0 saturated carbocycles. The summed E-state index contributed by atoms with van der Waals surface area (Å²) in [6, 6.07) is 0. The Morgan fingerprint density at radius 2 is 2.31 bits per heavy atom. The lowest BCUT2D eigenvalue weighted by atomic mass is 10.1. The molecule has 1 aromatic heterocycles. The number of aryl methyl sites for hydroxylation is 1. The molecule has 6 heteroatoms. The van der Waals surface area contributed by atoms with E-state index in [1.807, 2.05) is 0 Å². The van der Waals surface area contributed by atoms with Gasteiger partial charge in [-0.15, -0.1) is 0 Å². The van der Waals surface area contributed by atoms with Gasteiger partial charge < -0.3 is 5.11 Å². The van der Waals surface area contributed by atoms with E-state index < -0.39 is 11.9 Å². The zero-order valence-electron chi connectivity index (χ0n) is 8.75. The number of anilines is 1. The van der Waals surface area contributed by atoms with Crippen molar-refractivity contribution in [2.24, 2.45) is 5.92 Å². The summed E-state index contributed by atoms with van der Waals surface area (Å²) < 4.78 is 0. The third-order valence-corrected chi connectivity index (χ3v) is 2.49. The third kappa shape index (κ3) is 1.86. The molecule has 1 fully saturated rings. The first-order chi connectivity index (χ1) is 7.58. The minimum atomic E-state index is -0.948. The molecule has 2 rings (SSSR count). The van der Waals surface area contributed by atoms with Gasteiger partial charge in [0.25, 0.3) is 0 Å². The molecule has 6 nitrogen and oxygen atoms in total. The van der Waals surface area contributed by atoms with Crippen LogP contribution in [0.2, 0.25) is 0 Å². The van der Waals surface area contributed by atoms with Gasteiger partial charge in [-0.05, 0) is 6.92 Å². The van der Waals surface area contributed by atoms with Crippen LogP contribution in [0.1, 0.15) is 12.1 Å². The average Bonchev–Trinajstić information content (AvgIpc) is 2.60. The molecule has 0 aromatic carbocycles. The number of nitrogens with zero attached hydrogens (tertiary/aromatic N) is 3. The second kappa shape index (κ2) is 3.88. The number of carboxylic acids is 1. The predicted octanol–water partition coefficient (Wildman–Crippen LogP) is 0.223. The van der Waals surface area contributed by atoms with E-state index in [2.05, 4.69) is 9.97 Å². The summed E-state index contributed by atoms with van der Waals surface area (Å²) in [5.74, 6) is -1.38. The predicted molar refractivity (Wildman–Crippen MR) is 54.9 cm³/mol. The van der Waals surface area contributed by atoms with Crippen molar-refractivity contribution in [3.63, 3.8) is 0 Å². The molecule has 1 atom stereocenters. The lowest BCUT2D eigenvalue weighted by Crippen LogP contribution is -2.26. The van der Waals surface area contributed by atoms with Crippen molar-refractivity contribution in [1.29, 1.82) is 0 Å². The van der Waals surface area contributed by atoms with Gasteiger partial charge in [0.2, 0.25) is 5.91 Å². The molecule has 0 radical (unpaired) electrons. The number of hydrogen-bond donors (Lipinski definition) is 1. The van der Waals surface area contributed by atoms with E-state index in [1.165, 1.54) is 11.1 Å². The molecule has 1 aromatic rings. The Hall–Kier alpha value is -1.98. The molecule has 1 unspecified atom stereocenters. The van der Waals surface area contributed by atoms with Gasteiger partial charge in [-0.2, -0.15) is 0 Å².